The van der Waals surface area contributed by atoms with Crippen LogP contribution in [0.4, 0.5) is 0 Å². The summed E-state index contributed by atoms with van der Waals surface area (Å²) >= 11 is 0. The molecule has 0 radical (unpaired) electrons. The number of benzene rings is 1. The maximum Gasteiger partial charge on any atom is 0.356 e. The Hall–Kier alpha value is -2.10. The van der Waals surface area contributed by atoms with E-state index < -0.39 is 5.97 Å². The predicted octanol–water partition coefficient (Wildman–Crippen LogP) is 2.17. The standard InChI is InChI=1S/C12H12N2O2/c1-8-13-10(9-6-4-3-5-7-9)11(14-8)12(15)16-2/h3-7H,1-2H3,(H,13,14). The zero-order chi connectivity index (χ0) is 11.5. The van der Waals surface area contributed by atoms with Crippen LogP contribution in [0.5, 0.6) is 0 Å². The maximum absolute atomic E-state index is 11.5. The van der Waals surface area contributed by atoms with Crippen LogP contribution in [0.2, 0.25) is 0 Å². The van der Waals surface area contributed by atoms with Gasteiger partial charge in [0.15, 0.2) is 5.69 Å². The van der Waals surface area contributed by atoms with E-state index >= 15 is 0 Å². The van der Waals surface area contributed by atoms with Gasteiger partial charge < -0.3 is 9.72 Å². The lowest BCUT2D eigenvalue weighted by Crippen LogP contribution is -2.03. The van der Waals surface area contributed by atoms with Gasteiger partial charge in [0.1, 0.15) is 11.5 Å². The van der Waals surface area contributed by atoms with Gasteiger partial charge in [0.25, 0.3) is 0 Å². The first-order valence-corrected chi connectivity index (χ1v) is 4.92. The average Bonchev–Trinajstić information content (AvgIpc) is 2.71. The number of aromatic amines is 1. The number of aromatic nitrogens is 2. The lowest BCUT2D eigenvalue weighted by molar-refractivity contribution is 0.0595. The fraction of sp³-hybridized carbons (Fsp3) is 0.167. The number of hydrogen-bond donors (Lipinski definition) is 1. The van der Waals surface area contributed by atoms with Crippen LogP contribution in [-0.2, 0) is 4.74 Å². The van der Waals surface area contributed by atoms with Crippen molar-refractivity contribution < 1.29 is 9.53 Å². The number of hydrogen-bond acceptors (Lipinski definition) is 3. The van der Waals surface area contributed by atoms with Gasteiger partial charge in [-0.15, -0.1) is 0 Å². The average molecular weight is 216 g/mol. The number of aryl methyl sites for hydroxylation is 1. The van der Waals surface area contributed by atoms with E-state index in [0.717, 1.165) is 5.56 Å². The minimum Gasteiger partial charge on any atom is -0.464 e. The molecule has 0 saturated carbocycles. The number of rotatable bonds is 2. The molecule has 0 bridgehead atoms. The number of imidazole rings is 1. The number of H-pyrrole nitrogens is 1. The van der Waals surface area contributed by atoms with E-state index in [-0.39, 0.29) is 0 Å². The summed E-state index contributed by atoms with van der Waals surface area (Å²) in [5.74, 6) is 0.290. The molecule has 2 rings (SSSR count). The van der Waals surface area contributed by atoms with Crippen molar-refractivity contribution >= 4 is 5.97 Å². The van der Waals surface area contributed by atoms with Crippen LogP contribution in [0.25, 0.3) is 11.3 Å². The Morgan fingerprint density at radius 3 is 2.62 bits per heavy atom. The van der Waals surface area contributed by atoms with Crippen LogP contribution in [0.3, 0.4) is 0 Å². The minimum atomic E-state index is -0.403. The number of carbonyl (C=O) groups excluding carboxylic acids is 1. The summed E-state index contributed by atoms with van der Waals surface area (Å²) in [4.78, 5) is 18.7. The Bertz CT molecular complexity index is 503. The van der Waals surface area contributed by atoms with Crippen molar-refractivity contribution in [1.29, 1.82) is 0 Å². The van der Waals surface area contributed by atoms with E-state index in [1.807, 2.05) is 30.3 Å². The smallest absolute Gasteiger partial charge is 0.356 e. The van der Waals surface area contributed by atoms with Crippen molar-refractivity contribution in [3.05, 3.63) is 41.9 Å². The van der Waals surface area contributed by atoms with Gasteiger partial charge in [-0.1, -0.05) is 30.3 Å². The lowest BCUT2D eigenvalue weighted by Gasteiger charge is -2.00. The normalized spacial score (nSPS) is 10.1. The maximum atomic E-state index is 11.5. The van der Waals surface area contributed by atoms with Gasteiger partial charge in [0, 0.05) is 5.56 Å². The minimum absolute atomic E-state index is 0.395. The molecule has 0 aliphatic heterocycles. The van der Waals surface area contributed by atoms with E-state index in [2.05, 4.69) is 9.97 Å². The van der Waals surface area contributed by atoms with Crippen molar-refractivity contribution in [2.45, 2.75) is 6.92 Å². The Morgan fingerprint density at radius 1 is 1.31 bits per heavy atom. The van der Waals surface area contributed by atoms with Crippen LogP contribution < -0.4 is 0 Å². The van der Waals surface area contributed by atoms with Crippen molar-refractivity contribution in [2.24, 2.45) is 0 Å². The van der Waals surface area contributed by atoms with Crippen molar-refractivity contribution in [2.75, 3.05) is 7.11 Å². The molecule has 0 atom stereocenters. The zero-order valence-corrected chi connectivity index (χ0v) is 9.15. The Kier molecular flexibility index (Phi) is 2.72. The summed E-state index contributed by atoms with van der Waals surface area (Å²) in [5, 5.41) is 0. The highest BCUT2D eigenvalue weighted by Crippen LogP contribution is 2.21. The van der Waals surface area contributed by atoms with Crippen LogP contribution in [0.15, 0.2) is 30.3 Å². The fourth-order valence-electron chi connectivity index (χ4n) is 1.55. The molecule has 4 heteroatoms. The van der Waals surface area contributed by atoms with Gasteiger partial charge >= 0.3 is 5.97 Å². The first kappa shape index (κ1) is 10.4. The van der Waals surface area contributed by atoms with Gasteiger partial charge in [-0.2, -0.15) is 0 Å². The lowest BCUT2D eigenvalue weighted by atomic mass is 10.1. The summed E-state index contributed by atoms with van der Waals surface area (Å²) in [6, 6.07) is 9.53. The third kappa shape index (κ3) is 1.82. The molecule has 0 unspecified atom stereocenters. The third-order valence-corrected chi connectivity index (χ3v) is 2.26. The fourth-order valence-corrected chi connectivity index (χ4v) is 1.55. The van der Waals surface area contributed by atoms with E-state index in [4.69, 9.17) is 4.74 Å². The number of methoxy groups -OCH3 is 1. The number of carbonyl (C=O) groups is 1. The van der Waals surface area contributed by atoms with Crippen molar-refractivity contribution in [3.63, 3.8) is 0 Å². The molecular formula is C12H12N2O2. The molecule has 82 valence electrons. The molecular weight excluding hydrogens is 204 g/mol. The summed E-state index contributed by atoms with van der Waals surface area (Å²) in [5.41, 5.74) is 1.92. The molecule has 0 amide bonds. The second-order valence-electron chi connectivity index (χ2n) is 3.40. The van der Waals surface area contributed by atoms with Crippen LogP contribution in [0.1, 0.15) is 16.3 Å². The van der Waals surface area contributed by atoms with E-state index in [9.17, 15) is 4.79 Å². The summed E-state index contributed by atoms with van der Waals surface area (Å²) < 4.78 is 4.70. The first-order valence-electron chi connectivity index (χ1n) is 4.92. The second-order valence-corrected chi connectivity index (χ2v) is 3.40. The highest BCUT2D eigenvalue weighted by Gasteiger charge is 2.17. The molecule has 2 aromatic rings. The number of nitrogens with one attached hydrogen (secondary N) is 1. The van der Waals surface area contributed by atoms with Gasteiger partial charge in [-0.3, -0.25) is 0 Å². The van der Waals surface area contributed by atoms with E-state index in [1.54, 1.807) is 6.92 Å². The van der Waals surface area contributed by atoms with E-state index in [0.29, 0.717) is 17.2 Å². The van der Waals surface area contributed by atoms with E-state index in [1.165, 1.54) is 7.11 Å². The SMILES string of the molecule is COC(=O)c1[nH]c(C)nc1-c1ccccc1. The predicted molar refractivity (Wildman–Crippen MR) is 60.1 cm³/mol. The molecule has 0 fully saturated rings. The van der Waals surface area contributed by atoms with Gasteiger partial charge in [-0.25, -0.2) is 9.78 Å². The molecule has 4 nitrogen and oxygen atoms in total. The summed E-state index contributed by atoms with van der Waals surface area (Å²) in [6.07, 6.45) is 0. The van der Waals surface area contributed by atoms with Crippen LogP contribution in [0, 0.1) is 6.92 Å². The highest BCUT2D eigenvalue weighted by molar-refractivity contribution is 5.94. The molecule has 16 heavy (non-hydrogen) atoms. The molecule has 1 aromatic carbocycles. The number of nitrogens with zero attached hydrogens (tertiary/aromatic N) is 1. The molecule has 1 heterocycles. The van der Waals surface area contributed by atoms with Gasteiger partial charge in [-0.05, 0) is 6.92 Å². The second kappa shape index (κ2) is 4.18. The Labute approximate surface area is 93.3 Å². The molecule has 0 aliphatic rings. The first-order chi connectivity index (χ1) is 7.72. The summed E-state index contributed by atoms with van der Waals surface area (Å²) in [6.45, 7) is 1.80. The largest absolute Gasteiger partial charge is 0.464 e. The molecule has 0 saturated heterocycles. The summed E-state index contributed by atoms with van der Waals surface area (Å²) in [7, 11) is 1.35. The topological polar surface area (TPSA) is 55.0 Å². The van der Waals surface area contributed by atoms with Gasteiger partial charge in [0.05, 0.1) is 7.11 Å². The third-order valence-electron chi connectivity index (χ3n) is 2.26. The number of esters is 1. The number of ether oxygens (including phenoxy) is 1. The van der Waals surface area contributed by atoms with Gasteiger partial charge in [0.2, 0.25) is 0 Å². The Balaban J connectivity index is 2.53. The van der Waals surface area contributed by atoms with Crippen LogP contribution >= 0.6 is 0 Å². The highest BCUT2D eigenvalue weighted by atomic mass is 16.5. The molecule has 0 aliphatic carbocycles. The van der Waals surface area contributed by atoms with Crippen LogP contribution in [-0.4, -0.2) is 23.0 Å². The quantitative estimate of drug-likeness (QED) is 0.783. The molecule has 0 spiro atoms. The van der Waals surface area contributed by atoms with Crippen molar-refractivity contribution in [3.8, 4) is 11.3 Å². The Morgan fingerprint density at radius 2 is 2.00 bits per heavy atom. The van der Waals surface area contributed by atoms with Crippen molar-refractivity contribution in [1.82, 2.24) is 9.97 Å². The molecule has 1 aromatic heterocycles. The zero-order valence-electron chi connectivity index (χ0n) is 9.15. The molecule has 1 N–H and O–H groups in total. The monoisotopic (exact) mass is 216 g/mol.